The molecule has 2 nitrogen and oxygen atoms in total. The molecule has 0 atom stereocenters. The number of rotatable bonds is 2. The number of fused-ring (bicyclic) bond motifs is 3. The van der Waals surface area contributed by atoms with E-state index < -0.39 is 0 Å². The first-order chi connectivity index (χ1) is 9.86. The van der Waals surface area contributed by atoms with E-state index >= 15 is 0 Å². The van der Waals surface area contributed by atoms with E-state index in [-0.39, 0.29) is 0 Å². The van der Waals surface area contributed by atoms with Crippen LogP contribution in [0.2, 0.25) is 0 Å². The minimum absolute atomic E-state index is 0.814. The molecule has 0 saturated heterocycles. The Labute approximate surface area is 117 Å². The average Bonchev–Trinajstić information content (AvgIpc) is 2.52. The van der Waals surface area contributed by atoms with Gasteiger partial charge in [0.25, 0.3) is 0 Å². The fourth-order valence-electron chi connectivity index (χ4n) is 2.51. The van der Waals surface area contributed by atoms with Gasteiger partial charge < -0.3 is 0 Å². The summed E-state index contributed by atoms with van der Waals surface area (Å²) in [6.45, 7) is 5.61. The number of hydrogen-bond acceptors (Lipinski definition) is 2. The lowest BCUT2D eigenvalue weighted by Crippen LogP contribution is -1.81. The van der Waals surface area contributed by atoms with Crippen LogP contribution in [0.15, 0.2) is 64.6 Å². The summed E-state index contributed by atoms with van der Waals surface area (Å²) in [7, 11) is 0. The van der Waals surface area contributed by atoms with Crippen molar-refractivity contribution in [3.8, 4) is 0 Å². The quantitative estimate of drug-likeness (QED) is 0.445. The van der Waals surface area contributed by atoms with Crippen molar-refractivity contribution in [3.05, 3.63) is 54.6 Å². The van der Waals surface area contributed by atoms with Gasteiger partial charge in [0.05, 0.1) is 5.69 Å². The molecule has 3 aromatic carbocycles. The minimum atomic E-state index is 0.814. The Morgan fingerprint density at radius 3 is 1.85 bits per heavy atom. The fraction of sp³-hybridized carbons (Fsp3) is 0.0556. The topological polar surface area (TPSA) is 24.7 Å². The predicted molar refractivity (Wildman–Crippen MR) is 88.0 cm³/mol. The van der Waals surface area contributed by atoms with E-state index in [0.717, 1.165) is 22.1 Å². The number of allylic oxidation sites excluding steroid dienone is 1. The van der Waals surface area contributed by atoms with Crippen molar-refractivity contribution in [1.29, 1.82) is 0 Å². The van der Waals surface area contributed by atoms with Crippen molar-refractivity contribution < 1.29 is 0 Å². The van der Waals surface area contributed by atoms with Crippen LogP contribution in [0.25, 0.3) is 21.5 Å². The summed E-state index contributed by atoms with van der Waals surface area (Å²) in [5.41, 5.74) is 1.64. The first-order valence-corrected chi connectivity index (χ1v) is 6.51. The second kappa shape index (κ2) is 5.12. The molecule has 0 heterocycles. The first-order valence-electron chi connectivity index (χ1n) is 6.51. The summed E-state index contributed by atoms with van der Waals surface area (Å²) in [5, 5.41) is 4.48. The Kier molecular flexibility index (Phi) is 3.16. The maximum absolute atomic E-state index is 4.43. The van der Waals surface area contributed by atoms with Crippen LogP contribution in [0.4, 0.5) is 11.4 Å². The summed E-state index contributed by atoms with van der Waals surface area (Å²) < 4.78 is 0. The molecule has 0 spiro atoms. The van der Waals surface area contributed by atoms with Crippen molar-refractivity contribution in [3.63, 3.8) is 0 Å². The zero-order chi connectivity index (χ0) is 13.9. The van der Waals surface area contributed by atoms with Gasteiger partial charge in [0, 0.05) is 10.8 Å². The van der Waals surface area contributed by atoms with Crippen LogP contribution in [0.5, 0.6) is 0 Å². The highest BCUT2D eigenvalue weighted by Gasteiger charge is 2.11. The Hall–Kier alpha value is -2.70. The summed E-state index contributed by atoms with van der Waals surface area (Å²) >= 11 is 0. The van der Waals surface area contributed by atoms with Gasteiger partial charge in [-0.1, -0.05) is 48.5 Å². The summed E-state index contributed by atoms with van der Waals surface area (Å²) in [5.74, 6) is 2.91. The lowest BCUT2D eigenvalue weighted by Gasteiger charge is -2.10. The van der Waals surface area contributed by atoms with E-state index in [2.05, 4.69) is 46.8 Å². The molecule has 0 aliphatic rings. The van der Waals surface area contributed by atoms with Gasteiger partial charge >= 0.3 is 0 Å². The molecule has 0 aliphatic carbocycles. The van der Waals surface area contributed by atoms with Crippen LogP contribution >= 0.6 is 0 Å². The molecule has 0 saturated carbocycles. The number of benzene rings is 3. The van der Waals surface area contributed by atoms with E-state index in [1.807, 2.05) is 31.2 Å². The van der Waals surface area contributed by atoms with E-state index in [1.54, 1.807) is 6.08 Å². The molecule has 0 bridgehead atoms. The standard InChI is InChI=1S/C18H14N2/c1-3-12-20-18-16-11-7-5-9-14(16)13-8-4-6-10-15(13)17(18)19-2/h3-11H,2H2,1H3. The van der Waals surface area contributed by atoms with E-state index in [9.17, 15) is 0 Å². The zero-order valence-electron chi connectivity index (χ0n) is 11.3. The molecule has 0 amide bonds. The lowest BCUT2D eigenvalue weighted by molar-refractivity contribution is 1.53. The fourth-order valence-corrected chi connectivity index (χ4v) is 2.51. The monoisotopic (exact) mass is 258 g/mol. The van der Waals surface area contributed by atoms with Crippen LogP contribution in [-0.4, -0.2) is 12.6 Å². The van der Waals surface area contributed by atoms with Gasteiger partial charge in [-0.3, -0.25) is 4.99 Å². The third-order valence-corrected chi connectivity index (χ3v) is 3.34. The molecular weight excluding hydrogens is 244 g/mol. The zero-order valence-corrected chi connectivity index (χ0v) is 11.3. The summed E-state index contributed by atoms with van der Waals surface area (Å²) in [6, 6.07) is 16.4. The van der Waals surface area contributed by atoms with Gasteiger partial charge in [-0.15, -0.1) is 0 Å². The Bertz CT molecular complexity index is 869. The van der Waals surface area contributed by atoms with Crippen LogP contribution in [0.1, 0.15) is 6.92 Å². The second-order valence-corrected chi connectivity index (χ2v) is 4.48. The van der Waals surface area contributed by atoms with Crippen molar-refractivity contribution in [2.45, 2.75) is 6.92 Å². The largest absolute Gasteiger partial charge is 0.262 e. The Morgan fingerprint density at radius 1 is 0.850 bits per heavy atom. The maximum atomic E-state index is 4.43. The number of aliphatic imine (C=N–C) groups is 2. The van der Waals surface area contributed by atoms with E-state index in [1.165, 1.54) is 10.8 Å². The van der Waals surface area contributed by atoms with E-state index in [4.69, 9.17) is 0 Å². The molecular formula is C18H14N2. The van der Waals surface area contributed by atoms with Crippen molar-refractivity contribution in [2.24, 2.45) is 9.98 Å². The van der Waals surface area contributed by atoms with Crippen LogP contribution in [-0.2, 0) is 0 Å². The number of nitrogens with zero attached hydrogens (tertiary/aromatic N) is 2. The predicted octanol–water partition coefficient (Wildman–Crippen LogP) is 5.20. The molecule has 3 rings (SSSR count). The molecule has 0 unspecified atom stereocenters. The van der Waals surface area contributed by atoms with Crippen LogP contribution < -0.4 is 0 Å². The van der Waals surface area contributed by atoms with Gasteiger partial charge in [-0.2, -0.15) is 0 Å². The molecule has 0 fully saturated rings. The van der Waals surface area contributed by atoms with Crippen molar-refractivity contribution in [2.75, 3.05) is 0 Å². The van der Waals surface area contributed by atoms with Crippen LogP contribution in [0.3, 0.4) is 0 Å². The van der Waals surface area contributed by atoms with E-state index in [0.29, 0.717) is 0 Å². The smallest absolute Gasteiger partial charge is 0.107 e. The van der Waals surface area contributed by atoms with Crippen LogP contribution in [0, 0.1) is 0 Å². The molecule has 3 aromatic rings. The van der Waals surface area contributed by atoms with Gasteiger partial charge in [-0.05, 0) is 36.4 Å². The molecule has 0 aromatic heterocycles. The Balaban J connectivity index is 2.62. The molecule has 96 valence electrons. The normalized spacial score (nSPS) is 10.2. The summed E-state index contributed by atoms with van der Waals surface area (Å²) in [4.78, 5) is 8.64. The maximum Gasteiger partial charge on any atom is 0.107 e. The highest BCUT2D eigenvalue weighted by Crippen LogP contribution is 2.43. The van der Waals surface area contributed by atoms with Crippen molar-refractivity contribution in [1.82, 2.24) is 0 Å². The third-order valence-electron chi connectivity index (χ3n) is 3.34. The highest BCUT2D eigenvalue weighted by atomic mass is 14.8. The van der Waals surface area contributed by atoms with Gasteiger partial charge in [0.1, 0.15) is 5.69 Å². The summed E-state index contributed by atoms with van der Waals surface area (Å²) in [6.07, 6.45) is 1.79. The van der Waals surface area contributed by atoms with Gasteiger partial charge in [0.2, 0.25) is 0 Å². The molecule has 20 heavy (non-hydrogen) atoms. The Morgan fingerprint density at radius 2 is 1.35 bits per heavy atom. The lowest BCUT2D eigenvalue weighted by atomic mass is 9.98. The van der Waals surface area contributed by atoms with Gasteiger partial charge in [0.15, 0.2) is 0 Å². The minimum Gasteiger partial charge on any atom is -0.262 e. The molecule has 0 N–H and O–H groups in total. The average molecular weight is 258 g/mol. The van der Waals surface area contributed by atoms with Crippen molar-refractivity contribution >= 4 is 45.5 Å². The molecule has 2 heteroatoms. The molecule has 0 radical (unpaired) electrons. The van der Waals surface area contributed by atoms with Gasteiger partial charge in [-0.25, -0.2) is 4.99 Å². The first kappa shape index (κ1) is 12.3. The second-order valence-electron chi connectivity index (χ2n) is 4.48. The highest BCUT2D eigenvalue weighted by molar-refractivity contribution is 6.19. The third kappa shape index (κ3) is 1.83. The number of hydrogen-bond donors (Lipinski definition) is 0. The molecule has 0 aliphatic heterocycles. The SMILES string of the molecule is C=Nc1c(N=C=CC)c2ccccc2c2ccccc12.